The summed E-state index contributed by atoms with van der Waals surface area (Å²) >= 11 is 1.45. The third-order valence-corrected chi connectivity index (χ3v) is 4.90. The fraction of sp³-hybridized carbons (Fsp3) is 0.412. The van der Waals surface area contributed by atoms with Gasteiger partial charge in [0.1, 0.15) is 0 Å². The maximum atomic E-state index is 12.3. The Kier molecular flexibility index (Phi) is 4.81. The van der Waals surface area contributed by atoms with E-state index in [0.29, 0.717) is 11.7 Å². The molecule has 0 saturated carbocycles. The van der Waals surface area contributed by atoms with Gasteiger partial charge in [-0.3, -0.25) is 5.32 Å². The molecule has 0 aliphatic carbocycles. The number of urea groups is 1. The molecule has 0 unspecified atom stereocenters. The summed E-state index contributed by atoms with van der Waals surface area (Å²) < 4.78 is 0. The van der Waals surface area contributed by atoms with Crippen LogP contribution in [0.25, 0.3) is 0 Å². The molecule has 0 radical (unpaired) electrons. The summed E-state index contributed by atoms with van der Waals surface area (Å²) in [7, 11) is 1.82. The molecule has 2 amide bonds. The predicted octanol–water partition coefficient (Wildman–Crippen LogP) is 3.72. The largest absolute Gasteiger partial charge is 0.371 e. The van der Waals surface area contributed by atoms with Crippen LogP contribution < -0.4 is 10.2 Å². The SMILES string of the molecule is Cc1csc(NC(=O)N(C)Cc2ccccc2N2CCCC2)n1. The molecule has 5 nitrogen and oxygen atoms in total. The van der Waals surface area contributed by atoms with Crippen molar-refractivity contribution < 1.29 is 4.79 Å². The molecule has 1 aromatic heterocycles. The first kappa shape index (κ1) is 15.8. The molecule has 6 heteroatoms. The van der Waals surface area contributed by atoms with Crippen LogP contribution in [-0.4, -0.2) is 36.1 Å². The van der Waals surface area contributed by atoms with Crippen molar-refractivity contribution in [3.05, 3.63) is 40.9 Å². The van der Waals surface area contributed by atoms with Crippen LogP contribution in [0.1, 0.15) is 24.1 Å². The topological polar surface area (TPSA) is 48.5 Å². The normalized spacial score (nSPS) is 14.1. The van der Waals surface area contributed by atoms with Gasteiger partial charge in [-0.1, -0.05) is 18.2 Å². The fourth-order valence-electron chi connectivity index (χ4n) is 2.84. The van der Waals surface area contributed by atoms with Crippen LogP contribution >= 0.6 is 11.3 Å². The minimum Gasteiger partial charge on any atom is -0.371 e. The highest BCUT2D eigenvalue weighted by molar-refractivity contribution is 7.13. The van der Waals surface area contributed by atoms with Gasteiger partial charge >= 0.3 is 6.03 Å². The number of carbonyl (C=O) groups is 1. The lowest BCUT2D eigenvalue weighted by Crippen LogP contribution is -2.31. The number of hydrogen-bond acceptors (Lipinski definition) is 4. The molecule has 122 valence electrons. The number of anilines is 2. The number of benzene rings is 1. The lowest BCUT2D eigenvalue weighted by Gasteiger charge is -2.24. The van der Waals surface area contributed by atoms with Crippen molar-refractivity contribution >= 4 is 28.2 Å². The maximum Gasteiger partial charge on any atom is 0.323 e. The summed E-state index contributed by atoms with van der Waals surface area (Å²) in [6.45, 7) is 4.71. The van der Waals surface area contributed by atoms with E-state index in [1.165, 1.54) is 35.4 Å². The number of nitrogens with one attached hydrogen (secondary N) is 1. The lowest BCUT2D eigenvalue weighted by molar-refractivity contribution is 0.220. The number of nitrogens with zero attached hydrogens (tertiary/aromatic N) is 3. The first-order chi connectivity index (χ1) is 11.1. The summed E-state index contributed by atoms with van der Waals surface area (Å²) in [6.07, 6.45) is 2.49. The average molecular weight is 330 g/mol. The summed E-state index contributed by atoms with van der Waals surface area (Å²) in [4.78, 5) is 20.7. The zero-order valence-corrected chi connectivity index (χ0v) is 14.4. The average Bonchev–Trinajstić information content (AvgIpc) is 3.19. The van der Waals surface area contributed by atoms with Gasteiger partial charge in [-0.25, -0.2) is 9.78 Å². The van der Waals surface area contributed by atoms with Crippen molar-refractivity contribution in [3.63, 3.8) is 0 Å². The molecular formula is C17H22N4OS. The lowest BCUT2D eigenvalue weighted by atomic mass is 10.1. The zero-order chi connectivity index (χ0) is 16.2. The molecule has 1 fully saturated rings. The minimum absolute atomic E-state index is 0.129. The number of amides is 2. The molecule has 1 N–H and O–H groups in total. The van der Waals surface area contributed by atoms with Crippen LogP contribution in [-0.2, 0) is 6.54 Å². The van der Waals surface area contributed by atoms with E-state index in [4.69, 9.17) is 0 Å². The van der Waals surface area contributed by atoms with E-state index in [1.54, 1.807) is 4.90 Å². The molecule has 0 bridgehead atoms. The van der Waals surface area contributed by atoms with E-state index in [-0.39, 0.29) is 6.03 Å². The Morgan fingerprint density at radius 2 is 2.09 bits per heavy atom. The van der Waals surface area contributed by atoms with Gasteiger partial charge in [0.25, 0.3) is 0 Å². The van der Waals surface area contributed by atoms with Crippen molar-refractivity contribution in [2.75, 3.05) is 30.4 Å². The molecule has 2 aromatic rings. The molecule has 0 spiro atoms. The Bertz CT molecular complexity index is 679. The molecular weight excluding hydrogens is 308 g/mol. The number of hydrogen-bond donors (Lipinski definition) is 1. The Balaban J connectivity index is 1.67. The fourth-order valence-corrected chi connectivity index (χ4v) is 3.51. The quantitative estimate of drug-likeness (QED) is 0.929. The van der Waals surface area contributed by atoms with Gasteiger partial charge in [0.05, 0.1) is 5.69 Å². The van der Waals surface area contributed by atoms with Crippen LogP contribution in [0.3, 0.4) is 0 Å². The van der Waals surface area contributed by atoms with E-state index >= 15 is 0 Å². The highest BCUT2D eigenvalue weighted by Gasteiger charge is 2.18. The summed E-state index contributed by atoms with van der Waals surface area (Å²) in [6, 6.07) is 8.22. The second-order valence-electron chi connectivity index (χ2n) is 5.90. The van der Waals surface area contributed by atoms with Crippen molar-refractivity contribution in [3.8, 4) is 0 Å². The predicted molar refractivity (Wildman–Crippen MR) is 95.2 cm³/mol. The summed E-state index contributed by atoms with van der Waals surface area (Å²) in [5, 5.41) is 5.43. The van der Waals surface area contributed by atoms with Crippen LogP contribution in [0.15, 0.2) is 29.6 Å². The number of thiazole rings is 1. The van der Waals surface area contributed by atoms with Gasteiger partial charge in [-0.15, -0.1) is 11.3 Å². The van der Waals surface area contributed by atoms with Gasteiger partial charge in [-0.2, -0.15) is 0 Å². The highest BCUT2D eigenvalue weighted by Crippen LogP contribution is 2.25. The molecule has 23 heavy (non-hydrogen) atoms. The first-order valence-electron chi connectivity index (χ1n) is 7.90. The highest BCUT2D eigenvalue weighted by atomic mass is 32.1. The van der Waals surface area contributed by atoms with Crippen molar-refractivity contribution in [2.45, 2.75) is 26.3 Å². The first-order valence-corrected chi connectivity index (χ1v) is 8.78. The Morgan fingerprint density at radius 1 is 1.35 bits per heavy atom. The van der Waals surface area contributed by atoms with Crippen molar-refractivity contribution in [2.24, 2.45) is 0 Å². The van der Waals surface area contributed by atoms with Crippen molar-refractivity contribution in [1.82, 2.24) is 9.88 Å². The summed E-state index contributed by atoms with van der Waals surface area (Å²) in [5.41, 5.74) is 3.35. The van der Waals surface area contributed by atoms with Gasteiger partial charge in [0.2, 0.25) is 0 Å². The second-order valence-corrected chi connectivity index (χ2v) is 6.76. The molecule has 1 saturated heterocycles. The standard InChI is InChI=1S/C17H22N4OS/c1-13-12-23-16(18-13)19-17(22)20(2)11-14-7-3-4-8-15(14)21-9-5-6-10-21/h3-4,7-8,12H,5-6,9-11H2,1-2H3,(H,18,19,22). The van der Waals surface area contributed by atoms with Crippen LogP contribution in [0.4, 0.5) is 15.6 Å². The van der Waals surface area contributed by atoms with Gasteiger partial charge in [-0.05, 0) is 31.4 Å². The van der Waals surface area contributed by atoms with Crippen LogP contribution in [0.2, 0.25) is 0 Å². The molecule has 1 aliphatic heterocycles. The minimum atomic E-state index is -0.129. The third-order valence-electron chi connectivity index (χ3n) is 4.03. The summed E-state index contributed by atoms with van der Waals surface area (Å²) in [5.74, 6) is 0. The monoisotopic (exact) mass is 330 g/mol. The van der Waals surface area contributed by atoms with Crippen LogP contribution in [0.5, 0.6) is 0 Å². The number of carbonyl (C=O) groups excluding carboxylic acids is 1. The van der Waals surface area contributed by atoms with Gasteiger partial charge < -0.3 is 9.80 Å². The zero-order valence-electron chi connectivity index (χ0n) is 13.6. The molecule has 2 heterocycles. The van der Waals surface area contributed by atoms with E-state index in [0.717, 1.165) is 18.8 Å². The Hall–Kier alpha value is -2.08. The Labute approximate surface area is 140 Å². The van der Waals surface area contributed by atoms with Gasteiger partial charge in [0, 0.05) is 37.7 Å². The van der Waals surface area contributed by atoms with E-state index in [9.17, 15) is 4.79 Å². The van der Waals surface area contributed by atoms with Crippen molar-refractivity contribution in [1.29, 1.82) is 0 Å². The molecule has 1 aromatic carbocycles. The number of para-hydroxylation sites is 1. The maximum absolute atomic E-state index is 12.3. The number of rotatable bonds is 4. The van der Waals surface area contributed by atoms with E-state index in [1.807, 2.05) is 25.4 Å². The van der Waals surface area contributed by atoms with Crippen LogP contribution in [0, 0.1) is 6.92 Å². The van der Waals surface area contributed by atoms with E-state index < -0.39 is 0 Å². The number of aromatic nitrogens is 1. The molecule has 3 rings (SSSR count). The van der Waals surface area contributed by atoms with E-state index in [2.05, 4.69) is 33.4 Å². The number of aryl methyl sites for hydroxylation is 1. The smallest absolute Gasteiger partial charge is 0.323 e. The molecule has 0 atom stereocenters. The Morgan fingerprint density at radius 3 is 2.78 bits per heavy atom. The second kappa shape index (κ2) is 7.00. The molecule has 1 aliphatic rings. The third kappa shape index (κ3) is 3.82. The van der Waals surface area contributed by atoms with Gasteiger partial charge in [0.15, 0.2) is 5.13 Å².